The van der Waals surface area contributed by atoms with Crippen LogP contribution in [0.2, 0.25) is 0 Å². The third-order valence-corrected chi connectivity index (χ3v) is 8.14. The van der Waals surface area contributed by atoms with E-state index in [9.17, 15) is 33.6 Å². The molecule has 0 radical (unpaired) electrons. The lowest BCUT2D eigenvalue weighted by Crippen LogP contribution is -2.53. The Morgan fingerprint density at radius 2 is 1.88 bits per heavy atom. The number of phosphoric ester groups is 1. The average molecular weight is 538 g/mol. The molecule has 0 spiro atoms. The van der Waals surface area contributed by atoms with Crippen molar-refractivity contribution in [3.8, 4) is 0 Å². The molecule has 0 saturated carbocycles. The molecule has 6 atom stereocenters. The number of rotatable bonds is 8. The molecule has 1 fully saturated rings. The van der Waals surface area contributed by atoms with Crippen LogP contribution in [0.5, 0.6) is 0 Å². The fourth-order valence-electron chi connectivity index (χ4n) is 3.02. The fourth-order valence-corrected chi connectivity index (χ4v) is 6.05. The van der Waals surface area contributed by atoms with E-state index >= 15 is 0 Å². The van der Waals surface area contributed by atoms with E-state index in [0.29, 0.717) is 0 Å². The van der Waals surface area contributed by atoms with Gasteiger partial charge in [-0.1, -0.05) is 4.98 Å². The number of nitrogens with one attached hydrogen (secondary N) is 2. The minimum Gasteiger partial charge on any atom is -0.387 e. The van der Waals surface area contributed by atoms with E-state index in [-0.39, 0.29) is 17.1 Å². The Hall–Kier alpha value is -1.56. The molecule has 3 unspecified atom stereocenters. The van der Waals surface area contributed by atoms with Crippen LogP contribution in [0.3, 0.4) is 0 Å². The number of aromatic amines is 2. The molecule has 0 aliphatic carbocycles. The third-order valence-electron chi connectivity index (χ3n) is 4.34. The van der Waals surface area contributed by atoms with Gasteiger partial charge in [0.2, 0.25) is 11.7 Å². The Morgan fingerprint density at radius 3 is 2.48 bits per heavy atom. The number of hydrogen-bond acceptors (Lipinski definition) is 12. The zero-order chi connectivity index (χ0) is 25.0. The van der Waals surface area contributed by atoms with Crippen molar-refractivity contribution in [2.75, 3.05) is 12.3 Å². The number of fused-ring (bicyclic) bond motifs is 1. The molecule has 0 amide bonds. The highest BCUT2D eigenvalue weighted by atomic mass is 31.3. The maximum Gasteiger partial charge on any atom is 0.490 e. The molecule has 33 heavy (non-hydrogen) atoms. The van der Waals surface area contributed by atoms with Crippen LogP contribution in [0.4, 0.5) is 5.95 Å². The van der Waals surface area contributed by atoms with Crippen molar-refractivity contribution in [2.45, 2.75) is 31.0 Å². The molecule has 10 N–H and O–H groups in total. The minimum absolute atomic E-state index is 0.0465. The summed E-state index contributed by atoms with van der Waals surface area (Å²) in [5.74, 6) is -0.261. The smallest absolute Gasteiger partial charge is 0.387 e. The molecule has 3 heterocycles. The first-order chi connectivity index (χ1) is 14.9. The van der Waals surface area contributed by atoms with Gasteiger partial charge < -0.3 is 40.3 Å². The van der Waals surface area contributed by atoms with Crippen molar-refractivity contribution in [3.05, 3.63) is 16.7 Å². The van der Waals surface area contributed by atoms with Crippen molar-refractivity contribution in [2.24, 2.45) is 0 Å². The summed E-state index contributed by atoms with van der Waals surface area (Å²) in [6.07, 6.45) is -3.59. The fraction of sp³-hybridized carbons (Fsp3) is 0.545. The van der Waals surface area contributed by atoms with E-state index < -0.39 is 59.7 Å². The standard InChI is InChI=1S/C11H18N5O14P3/c1-11(19)6(17)4(2-27-32(23,24)30-33(25,26)29-31(20,21)22)28-9(11)16-3-13-5-7(16)14-10(12)15-8(5)18/h3-4,6,9,17,19H,2H2,1H3,(H7,12,14,15,18,20,21,22,23,24,25,26)/p+1/t4-,6+,9-,11?/m1/s1. The molecule has 1 saturated heterocycles. The topological polar surface area (TPSA) is 301 Å². The number of nitrogens with two attached hydrogens (primary N) is 1. The second kappa shape index (κ2) is 8.58. The summed E-state index contributed by atoms with van der Waals surface area (Å²) in [6.45, 7) is 0.117. The average Bonchev–Trinajstić information content (AvgIpc) is 3.10. The number of phosphoric acid groups is 3. The lowest BCUT2D eigenvalue weighted by molar-refractivity contribution is -0.751. The molecule has 2 aromatic heterocycles. The number of aromatic nitrogens is 4. The zero-order valence-corrected chi connectivity index (χ0v) is 19.0. The first-order valence-corrected chi connectivity index (χ1v) is 13.1. The predicted molar refractivity (Wildman–Crippen MR) is 102 cm³/mol. The highest BCUT2D eigenvalue weighted by molar-refractivity contribution is 7.66. The van der Waals surface area contributed by atoms with Gasteiger partial charge in [0.15, 0.2) is 6.33 Å². The molecule has 19 nitrogen and oxygen atoms in total. The Balaban J connectivity index is 1.78. The van der Waals surface area contributed by atoms with Gasteiger partial charge in [0.25, 0.3) is 11.5 Å². The summed E-state index contributed by atoms with van der Waals surface area (Å²) in [5, 5.41) is 21.2. The van der Waals surface area contributed by atoms with Gasteiger partial charge in [-0.25, -0.2) is 18.3 Å². The van der Waals surface area contributed by atoms with Crippen molar-refractivity contribution in [1.82, 2.24) is 15.0 Å². The number of H-pyrrole nitrogens is 2. The summed E-state index contributed by atoms with van der Waals surface area (Å²) in [6, 6.07) is 0. The van der Waals surface area contributed by atoms with E-state index in [2.05, 4.69) is 28.1 Å². The number of nitrogens with zero attached hydrogens (tertiary/aromatic N) is 2. The van der Waals surface area contributed by atoms with Gasteiger partial charge in [0, 0.05) is 0 Å². The molecule has 1 aliphatic heterocycles. The first-order valence-electron chi connectivity index (χ1n) is 8.54. The predicted octanol–water partition coefficient (Wildman–Crippen LogP) is -2.53. The summed E-state index contributed by atoms with van der Waals surface area (Å²) < 4.78 is 52.1. The highest BCUT2D eigenvalue weighted by Gasteiger charge is 2.56. The van der Waals surface area contributed by atoms with Crippen LogP contribution in [0.15, 0.2) is 11.1 Å². The van der Waals surface area contributed by atoms with E-state index in [1.165, 1.54) is 6.33 Å². The van der Waals surface area contributed by atoms with Gasteiger partial charge in [-0.05, 0) is 6.92 Å². The van der Waals surface area contributed by atoms with Crippen LogP contribution < -0.4 is 15.9 Å². The largest absolute Gasteiger partial charge is 0.490 e. The summed E-state index contributed by atoms with van der Waals surface area (Å²) >= 11 is 0. The summed E-state index contributed by atoms with van der Waals surface area (Å²) in [5.41, 5.74) is 2.67. The molecule has 186 valence electrons. The lowest BCUT2D eigenvalue weighted by atomic mass is 9.96. The van der Waals surface area contributed by atoms with Crippen molar-refractivity contribution < 1.29 is 65.9 Å². The number of aliphatic hydroxyl groups excluding tert-OH is 1. The number of anilines is 1. The lowest BCUT2D eigenvalue weighted by Gasteiger charge is -2.24. The molecular formula is C11H19N5O14P3+. The maximum atomic E-state index is 12.0. The van der Waals surface area contributed by atoms with E-state index in [0.717, 1.165) is 11.5 Å². The monoisotopic (exact) mass is 538 g/mol. The van der Waals surface area contributed by atoms with Crippen LogP contribution in [0, 0.1) is 0 Å². The van der Waals surface area contributed by atoms with Gasteiger partial charge in [-0.3, -0.25) is 19.3 Å². The molecule has 22 heteroatoms. The van der Waals surface area contributed by atoms with Crippen LogP contribution >= 0.6 is 23.5 Å². The van der Waals surface area contributed by atoms with Gasteiger partial charge in [0.05, 0.1) is 6.61 Å². The highest BCUT2D eigenvalue weighted by Crippen LogP contribution is 2.66. The Bertz CT molecular complexity index is 1250. The van der Waals surface area contributed by atoms with E-state index in [1.807, 2.05) is 0 Å². The second-order valence-corrected chi connectivity index (χ2v) is 11.3. The SMILES string of the molecule is CC1(O)[C@@H](O)[C@@H](COP(=O)(O)OP(=O)(O)OP(=O)(O)O)O[C@H]1[n+]1c[nH]c2c(=O)[nH]c(N)nc21. The first kappa shape index (κ1) is 26.1. The summed E-state index contributed by atoms with van der Waals surface area (Å²) in [7, 11) is -16.8. The molecule has 3 rings (SSSR count). The zero-order valence-electron chi connectivity index (χ0n) is 16.3. The number of ether oxygens (including phenoxy) is 1. The molecule has 0 bridgehead atoms. The number of nitrogen functional groups attached to an aromatic ring is 1. The van der Waals surface area contributed by atoms with Crippen LogP contribution in [-0.2, 0) is 31.6 Å². The Kier molecular flexibility index (Phi) is 6.78. The quantitative estimate of drug-likeness (QED) is 0.124. The molecule has 0 aromatic carbocycles. The number of hydrogen-bond donors (Lipinski definition) is 9. The van der Waals surface area contributed by atoms with Crippen LogP contribution in [0.25, 0.3) is 11.2 Å². The van der Waals surface area contributed by atoms with Gasteiger partial charge in [0.1, 0.15) is 17.8 Å². The molecular weight excluding hydrogens is 519 g/mol. The maximum absolute atomic E-state index is 12.0. The molecule has 1 aliphatic rings. The minimum atomic E-state index is -5.74. The number of imidazole rings is 1. The van der Waals surface area contributed by atoms with E-state index in [1.54, 1.807) is 0 Å². The number of aliphatic hydroxyl groups is 2. The van der Waals surface area contributed by atoms with E-state index in [4.69, 9.17) is 25.2 Å². The van der Waals surface area contributed by atoms with Crippen molar-refractivity contribution in [3.63, 3.8) is 0 Å². The van der Waals surface area contributed by atoms with Gasteiger partial charge in [-0.15, -0.1) is 0 Å². The molecule has 2 aromatic rings. The Labute approximate surface area is 182 Å². The van der Waals surface area contributed by atoms with Gasteiger partial charge >= 0.3 is 29.1 Å². The van der Waals surface area contributed by atoms with Crippen molar-refractivity contribution >= 4 is 40.6 Å². The van der Waals surface area contributed by atoms with Crippen LogP contribution in [0.1, 0.15) is 13.2 Å². The Morgan fingerprint density at radius 1 is 1.24 bits per heavy atom. The summed E-state index contributed by atoms with van der Waals surface area (Å²) in [4.78, 5) is 56.5. The second-order valence-electron chi connectivity index (χ2n) is 6.91. The third kappa shape index (κ3) is 5.75. The van der Waals surface area contributed by atoms with Crippen molar-refractivity contribution in [1.29, 1.82) is 0 Å². The normalized spacial score (nSPS) is 29.7. The van der Waals surface area contributed by atoms with Gasteiger partial charge in [-0.2, -0.15) is 8.62 Å². The van der Waals surface area contributed by atoms with Crippen LogP contribution in [-0.4, -0.2) is 69.2 Å².